The van der Waals surface area contributed by atoms with Crippen molar-refractivity contribution in [3.05, 3.63) is 0 Å². The lowest BCUT2D eigenvalue weighted by atomic mass is 10.1. The molecule has 10 heteroatoms. The van der Waals surface area contributed by atoms with Gasteiger partial charge in [-0.25, -0.2) is 14.4 Å². The molecule has 0 fully saturated rings. The van der Waals surface area contributed by atoms with Crippen molar-refractivity contribution in [1.82, 2.24) is 16.0 Å². The molecule has 0 aromatic carbocycles. The number of amides is 2. The monoisotopic (exact) mass is 419 g/mol. The van der Waals surface area contributed by atoms with Gasteiger partial charge in [-0.1, -0.05) is 0 Å². The molecule has 0 saturated carbocycles. The molecule has 0 radical (unpaired) electrons. The number of alkyl carbamates (subject to hydrolysis) is 2. The lowest BCUT2D eigenvalue weighted by molar-refractivity contribution is -0.157. The average Bonchev–Trinajstić information content (AvgIpc) is 2.46. The minimum Gasteiger partial charge on any atom is -0.458 e. The van der Waals surface area contributed by atoms with Gasteiger partial charge < -0.3 is 24.8 Å². The van der Waals surface area contributed by atoms with Gasteiger partial charge in [0.25, 0.3) is 0 Å². The molecule has 0 rings (SSSR count). The van der Waals surface area contributed by atoms with E-state index in [2.05, 4.69) is 16.0 Å². The molecule has 0 aromatic rings. The van der Waals surface area contributed by atoms with Crippen LogP contribution in [0.25, 0.3) is 0 Å². The molecule has 9 nitrogen and oxygen atoms in total. The average molecular weight is 420 g/mol. The Kier molecular flexibility index (Phi) is 10.8. The van der Waals surface area contributed by atoms with E-state index in [-0.39, 0.29) is 11.7 Å². The number of carbonyl (C=O) groups is 3. The summed E-state index contributed by atoms with van der Waals surface area (Å²) in [6.07, 6.45) is -0.567. The SMILES string of the molecule is CCOC(=O)NC(=S)NCCC[C@H](NC(=O)OC(C)(C)C)C(=O)OC(C)(C)C. The number of hydrogen-bond acceptors (Lipinski definition) is 7. The molecule has 3 N–H and O–H groups in total. The molecule has 0 spiro atoms. The molecular weight excluding hydrogens is 386 g/mol. The highest BCUT2D eigenvalue weighted by Crippen LogP contribution is 2.12. The number of carbonyl (C=O) groups excluding carboxylic acids is 3. The summed E-state index contributed by atoms with van der Waals surface area (Å²) < 4.78 is 15.3. The first-order chi connectivity index (χ1) is 12.7. The van der Waals surface area contributed by atoms with E-state index < -0.39 is 35.4 Å². The Hall–Kier alpha value is -2.10. The van der Waals surface area contributed by atoms with E-state index >= 15 is 0 Å². The zero-order valence-corrected chi connectivity index (χ0v) is 18.6. The van der Waals surface area contributed by atoms with Crippen molar-refractivity contribution >= 4 is 35.5 Å². The second kappa shape index (κ2) is 11.7. The predicted octanol–water partition coefficient (Wildman–Crippen LogP) is 2.62. The van der Waals surface area contributed by atoms with Gasteiger partial charge in [0.1, 0.15) is 17.2 Å². The minimum atomic E-state index is -0.873. The van der Waals surface area contributed by atoms with E-state index in [0.29, 0.717) is 19.4 Å². The molecule has 0 heterocycles. The highest BCUT2D eigenvalue weighted by molar-refractivity contribution is 7.80. The predicted molar refractivity (Wildman–Crippen MR) is 109 cm³/mol. The molecule has 0 unspecified atom stereocenters. The Balaban J connectivity index is 4.64. The molecule has 28 heavy (non-hydrogen) atoms. The van der Waals surface area contributed by atoms with Crippen LogP contribution in [0.5, 0.6) is 0 Å². The minimum absolute atomic E-state index is 0.118. The van der Waals surface area contributed by atoms with Crippen molar-refractivity contribution in [1.29, 1.82) is 0 Å². The summed E-state index contributed by atoms with van der Waals surface area (Å²) in [7, 11) is 0. The van der Waals surface area contributed by atoms with Gasteiger partial charge in [0, 0.05) is 6.54 Å². The summed E-state index contributed by atoms with van der Waals surface area (Å²) in [5.74, 6) is -0.550. The lowest BCUT2D eigenvalue weighted by Crippen LogP contribution is -2.46. The number of thiocarbonyl (C=S) groups is 1. The Bertz CT molecular complexity index is 555. The lowest BCUT2D eigenvalue weighted by Gasteiger charge is -2.26. The maximum atomic E-state index is 12.4. The number of hydrogen-bond donors (Lipinski definition) is 3. The van der Waals surface area contributed by atoms with E-state index in [1.54, 1.807) is 48.5 Å². The van der Waals surface area contributed by atoms with Gasteiger partial charge in [-0.05, 0) is 73.5 Å². The van der Waals surface area contributed by atoms with Crippen molar-refractivity contribution in [3.63, 3.8) is 0 Å². The van der Waals surface area contributed by atoms with Crippen LogP contribution in [0.4, 0.5) is 9.59 Å². The van der Waals surface area contributed by atoms with Crippen LogP contribution in [0, 0.1) is 0 Å². The highest BCUT2D eigenvalue weighted by atomic mass is 32.1. The molecule has 162 valence electrons. The van der Waals surface area contributed by atoms with Crippen LogP contribution in [0.2, 0.25) is 0 Å². The second-order valence-electron chi connectivity index (χ2n) is 7.98. The highest BCUT2D eigenvalue weighted by Gasteiger charge is 2.28. The Morgan fingerprint density at radius 1 is 0.964 bits per heavy atom. The van der Waals surface area contributed by atoms with Gasteiger partial charge in [-0.2, -0.15) is 0 Å². The largest absolute Gasteiger partial charge is 0.458 e. The number of esters is 1. The molecule has 1 atom stereocenters. The van der Waals surface area contributed by atoms with Gasteiger partial charge in [-0.3, -0.25) is 5.32 Å². The normalized spacial score (nSPS) is 12.4. The first kappa shape index (κ1) is 25.9. The van der Waals surface area contributed by atoms with E-state index in [1.165, 1.54) is 0 Å². The number of ether oxygens (including phenoxy) is 3. The van der Waals surface area contributed by atoms with E-state index in [1.807, 2.05) is 0 Å². The van der Waals surface area contributed by atoms with Crippen LogP contribution in [0.15, 0.2) is 0 Å². The van der Waals surface area contributed by atoms with Gasteiger partial charge >= 0.3 is 18.2 Å². The van der Waals surface area contributed by atoms with Crippen LogP contribution >= 0.6 is 12.2 Å². The molecule has 0 aliphatic carbocycles. The quantitative estimate of drug-likeness (QED) is 0.250. The zero-order chi connectivity index (χ0) is 22.0. The number of nitrogens with one attached hydrogen (secondary N) is 3. The van der Waals surface area contributed by atoms with Crippen LogP contribution in [-0.4, -0.2) is 53.7 Å². The van der Waals surface area contributed by atoms with Gasteiger partial charge in [-0.15, -0.1) is 0 Å². The van der Waals surface area contributed by atoms with Gasteiger partial charge in [0.05, 0.1) is 6.61 Å². The second-order valence-corrected chi connectivity index (χ2v) is 8.38. The fourth-order valence-corrected chi connectivity index (χ4v) is 2.07. The molecule has 0 aliphatic heterocycles. The summed E-state index contributed by atoms with van der Waals surface area (Å²) in [6, 6.07) is -0.873. The topological polar surface area (TPSA) is 115 Å². The van der Waals surface area contributed by atoms with Gasteiger partial charge in [0.15, 0.2) is 5.11 Å². The fourth-order valence-electron chi connectivity index (χ4n) is 1.88. The van der Waals surface area contributed by atoms with Gasteiger partial charge in [0.2, 0.25) is 0 Å². The third-order valence-corrected chi connectivity index (χ3v) is 3.07. The molecule has 0 bridgehead atoms. The van der Waals surface area contributed by atoms with E-state index in [4.69, 9.17) is 26.4 Å². The zero-order valence-electron chi connectivity index (χ0n) is 17.8. The van der Waals surface area contributed by atoms with Crippen molar-refractivity contribution in [2.75, 3.05) is 13.2 Å². The molecular formula is C18H33N3O6S. The van der Waals surface area contributed by atoms with Crippen LogP contribution in [-0.2, 0) is 19.0 Å². The third-order valence-electron chi connectivity index (χ3n) is 2.83. The van der Waals surface area contributed by atoms with Crippen molar-refractivity contribution < 1.29 is 28.6 Å². The summed E-state index contributed by atoms with van der Waals surface area (Å²) in [5, 5.41) is 7.85. The van der Waals surface area contributed by atoms with Crippen LogP contribution in [0.3, 0.4) is 0 Å². The molecule has 2 amide bonds. The smallest absolute Gasteiger partial charge is 0.413 e. The maximum absolute atomic E-state index is 12.4. The third kappa shape index (κ3) is 14.0. The van der Waals surface area contributed by atoms with Crippen molar-refractivity contribution in [2.45, 2.75) is 78.6 Å². The van der Waals surface area contributed by atoms with Crippen LogP contribution < -0.4 is 16.0 Å². The number of rotatable bonds is 7. The van der Waals surface area contributed by atoms with Crippen molar-refractivity contribution in [2.24, 2.45) is 0 Å². The summed E-state index contributed by atoms with van der Waals surface area (Å²) in [4.78, 5) is 35.7. The standard InChI is InChI=1S/C18H33N3O6S/c1-8-25-15(23)21-14(28)19-11-9-10-12(13(22)26-17(2,3)4)20-16(24)27-18(5,6)7/h12H,8-11H2,1-7H3,(H,20,24)(H2,19,21,23,28)/t12-/m0/s1. The Labute approximate surface area is 172 Å². The first-order valence-electron chi connectivity index (χ1n) is 9.17. The summed E-state index contributed by atoms with van der Waals surface area (Å²) in [5.41, 5.74) is -1.37. The summed E-state index contributed by atoms with van der Waals surface area (Å²) in [6.45, 7) is 12.7. The van der Waals surface area contributed by atoms with E-state index in [0.717, 1.165) is 0 Å². The Morgan fingerprint density at radius 2 is 1.54 bits per heavy atom. The van der Waals surface area contributed by atoms with E-state index in [9.17, 15) is 14.4 Å². The molecule has 0 aromatic heterocycles. The van der Waals surface area contributed by atoms with Crippen molar-refractivity contribution in [3.8, 4) is 0 Å². The maximum Gasteiger partial charge on any atom is 0.413 e. The van der Waals surface area contributed by atoms with Crippen LogP contribution in [0.1, 0.15) is 61.3 Å². The summed E-state index contributed by atoms with van der Waals surface area (Å²) >= 11 is 4.97. The first-order valence-corrected chi connectivity index (χ1v) is 9.58. The fraction of sp³-hybridized carbons (Fsp3) is 0.778. The Morgan fingerprint density at radius 3 is 2.04 bits per heavy atom. The molecule has 0 saturated heterocycles. The molecule has 0 aliphatic rings.